The Morgan fingerprint density at radius 3 is 2.32 bits per heavy atom. The number of carbonyl (C=O) groups excluding carboxylic acids is 1. The molecule has 0 aliphatic carbocycles. The summed E-state index contributed by atoms with van der Waals surface area (Å²) in [7, 11) is -6.60. The molecule has 1 aromatic carbocycles. The summed E-state index contributed by atoms with van der Waals surface area (Å²) in [5.74, 6) is -0.318. The van der Waals surface area contributed by atoms with Crippen LogP contribution in [0.1, 0.15) is 24.0 Å². The van der Waals surface area contributed by atoms with Crippen molar-refractivity contribution in [1.82, 2.24) is 5.32 Å². The summed E-state index contributed by atoms with van der Waals surface area (Å²) in [6.45, 7) is 3.77. The molecule has 1 fully saturated rings. The van der Waals surface area contributed by atoms with E-state index in [2.05, 4.69) is 5.32 Å². The van der Waals surface area contributed by atoms with Gasteiger partial charge in [-0.25, -0.2) is 16.8 Å². The fourth-order valence-electron chi connectivity index (χ4n) is 2.99. The fraction of sp³-hybridized carbons (Fsp3) is 0.562. The minimum Gasteiger partial charge on any atom is -0.352 e. The van der Waals surface area contributed by atoms with Crippen LogP contribution in [0.25, 0.3) is 0 Å². The maximum absolute atomic E-state index is 12.1. The highest BCUT2D eigenvalue weighted by molar-refractivity contribution is 7.92. The van der Waals surface area contributed by atoms with E-state index < -0.39 is 19.9 Å². The van der Waals surface area contributed by atoms with Gasteiger partial charge >= 0.3 is 0 Å². The van der Waals surface area contributed by atoms with Crippen LogP contribution in [0.3, 0.4) is 0 Å². The third-order valence-electron chi connectivity index (χ3n) is 4.03. The molecule has 0 bridgehead atoms. The molecular weight excluding hydrogens is 364 g/mol. The van der Waals surface area contributed by atoms with Crippen LogP contribution in [0, 0.1) is 13.8 Å². The molecule has 1 saturated heterocycles. The first-order valence-electron chi connectivity index (χ1n) is 8.02. The molecule has 7 nitrogen and oxygen atoms in total. The number of rotatable bonds is 6. The first-order valence-corrected chi connectivity index (χ1v) is 11.7. The van der Waals surface area contributed by atoms with Gasteiger partial charge in [0.2, 0.25) is 15.9 Å². The SMILES string of the molecule is Cc1cc(C)cc(N(CCC(=O)NC2CCS(=O)(=O)C2)S(C)(=O)=O)c1. The Morgan fingerprint density at radius 1 is 1.24 bits per heavy atom. The van der Waals surface area contributed by atoms with Crippen LogP contribution in [-0.4, -0.2) is 53.1 Å². The highest BCUT2D eigenvalue weighted by atomic mass is 32.2. The van der Waals surface area contributed by atoms with Crippen molar-refractivity contribution in [2.45, 2.75) is 32.7 Å². The van der Waals surface area contributed by atoms with E-state index >= 15 is 0 Å². The summed E-state index contributed by atoms with van der Waals surface area (Å²) < 4.78 is 48.3. The van der Waals surface area contributed by atoms with Gasteiger partial charge in [0, 0.05) is 19.0 Å². The molecule has 1 aliphatic heterocycles. The van der Waals surface area contributed by atoms with Crippen LogP contribution in [-0.2, 0) is 24.7 Å². The molecule has 1 aliphatic rings. The summed E-state index contributed by atoms with van der Waals surface area (Å²) in [5, 5.41) is 2.68. The second-order valence-electron chi connectivity index (χ2n) is 6.60. The Balaban J connectivity index is 2.05. The first kappa shape index (κ1) is 19.7. The van der Waals surface area contributed by atoms with E-state index in [1.54, 1.807) is 12.1 Å². The van der Waals surface area contributed by atoms with Crippen LogP contribution in [0.2, 0.25) is 0 Å². The summed E-state index contributed by atoms with van der Waals surface area (Å²) in [6, 6.07) is 5.08. The number of sulfonamides is 1. The zero-order chi connectivity index (χ0) is 18.8. The molecule has 1 N–H and O–H groups in total. The van der Waals surface area contributed by atoms with Crippen molar-refractivity contribution in [3.05, 3.63) is 29.3 Å². The molecule has 2 rings (SSSR count). The second-order valence-corrected chi connectivity index (χ2v) is 10.7. The lowest BCUT2D eigenvalue weighted by atomic mass is 10.1. The van der Waals surface area contributed by atoms with Crippen molar-refractivity contribution < 1.29 is 21.6 Å². The average Bonchev–Trinajstić information content (AvgIpc) is 2.75. The Labute approximate surface area is 149 Å². The molecule has 0 aromatic heterocycles. The highest BCUT2D eigenvalue weighted by Gasteiger charge is 2.29. The van der Waals surface area contributed by atoms with E-state index in [0.29, 0.717) is 12.1 Å². The first-order chi connectivity index (χ1) is 11.5. The number of anilines is 1. The molecule has 1 unspecified atom stereocenters. The smallest absolute Gasteiger partial charge is 0.232 e. The molecule has 1 atom stereocenters. The molecule has 9 heteroatoms. The normalized spacial score (nSPS) is 19.6. The average molecular weight is 389 g/mol. The lowest BCUT2D eigenvalue weighted by Crippen LogP contribution is -2.39. The zero-order valence-corrected chi connectivity index (χ0v) is 16.3. The number of amides is 1. The second kappa shape index (κ2) is 7.33. The van der Waals surface area contributed by atoms with E-state index in [1.807, 2.05) is 19.9 Å². The van der Waals surface area contributed by atoms with Gasteiger partial charge in [0.25, 0.3) is 0 Å². The molecule has 0 saturated carbocycles. The van der Waals surface area contributed by atoms with Gasteiger partial charge in [-0.05, 0) is 43.5 Å². The Bertz CT molecular complexity index is 842. The van der Waals surface area contributed by atoms with E-state index in [4.69, 9.17) is 0 Å². The monoisotopic (exact) mass is 388 g/mol. The third kappa shape index (κ3) is 5.71. The fourth-order valence-corrected chi connectivity index (χ4v) is 5.58. The van der Waals surface area contributed by atoms with E-state index in [0.717, 1.165) is 17.4 Å². The van der Waals surface area contributed by atoms with Crippen LogP contribution < -0.4 is 9.62 Å². The Hall–Kier alpha value is -1.61. The van der Waals surface area contributed by atoms with Crippen molar-refractivity contribution in [2.75, 3.05) is 28.6 Å². The van der Waals surface area contributed by atoms with E-state index in [9.17, 15) is 21.6 Å². The molecule has 1 aromatic rings. The van der Waals surface area contributed by atoms with Gasteiger partial charge in [-0.15, -0.1) is 0 Å². The van der Waals surface area contributed by atoms with Crippen LogP contribution in [0.15, 0.2) is 18.2 Å². The largest absolute Gasteiger partial charge is 0.352 e. The number of hydrogen-bond donors (Lipinski definition) is 1. The number of nitrogens with one attached hydrogen (secondary N) is 1. The number of aryl methyl sites for hydroxylation is 2. The molecule has 1 heterocycles. The molecule has 0 radical (unpaired) electrons. The number of hydrogen-bond acceptors (Lipinski definition) is 5. The topological polar surface area (TPSA) is 101 Å². The van der Waals surface area contributed by atoms with Crippen molar-refractivity contribution >= 4 is 31.5 Å². The maximum Gasteiger partial charge on any atom is 0.232 e. The van der Waals surface area contributed by atoms with E-state index in [1.165, 1.54) is 4.31 Å². The molecule has 1 amide bonds. The molecule has 140 valence electrons. The van der Waals surface area contributed by atoms with Crippen molar-refractivity contribution in [2.24, 2.45) is 0 Å². The third-order valence-corrected chi connectivity index (χ3v) is 7.00. The minimum atomic E-state index is -3.54. The number of nitrogens with zero attached hydrogens (tertiary/aromatic N) is 1. The van der Waals surface area contributed by atoms with Gasteiger partial charge in [-0.3, -0.25) is 9.10 Å². The predicted molar refractivity (Wildman–Crippen MR) is 97.9 cm³/mol. The Morgan fingerprint density at radius 2 is 1.84 bits per heavy atom. The highest BCUT2D eigenvalue weighted by Crippen LogP contribution is 2.21. The quantitative estimate of drug-likeness (QED) is 0.775. The number of sulfone groups is 1. The molecule has 25 heavy (non-hydrogen) atoms. The molecule has 0 spiro atoms. The summed E-state index contributed by atoms with van der Waals surface area (Å²) in [4.78, 5) is 12.1. The van der Waals surface area contributed by atoms with Gasteiger partial charge < -0.3 is 5.32 Å². The predicted octanol–water partition coefficient (Wildman–Crippen LogP) is 0.763. The number of carbonyl (C=O) groups is 1. The van der Waals surface area contributed by atoms with Gasteiger partial charge in [0.15, 0.2) is 9.84 Å². The van der Waals surface area contributed by atoms with Crippen molar-refractivity contribution in [1.29, 1.82) is 0 Å². The lowest BCUT2D eigenvalue weighted by molar-refractivity contribution is -0.121. The van der Waals surface area contributed by atoms with Crippen LogP contribution in [0.4, 0.5) is 5.69 Å². The number of benzene rings is 1. The minimum absolute atomic E-state index is 0.00697. The zero-order valence-electron chi connectivity index (χ0n) is 14.6. The lowest BCUT2D eigenvalue weighted by Gasteiger charge is -2.23. The standard InChI is InChI=1S/C16H24N2O5S2/c1-12-8-13(2)10-15(9-12)18(24(3,20)21)6-4-16(19)17-14-5-7-25(22,23)11-14/h8-10,14H,4-7,11H2,1-3H3,(H,17,19). The molecular formula is C16H24N2O5S2. The maximum atomic E-state index is 12.1. The van der Waals surface area contributed by atoms with Gasteiger partial charge in [0.1, 0.15) is 0 Å². The van der Waals surface area contributed by atoms with Gasteiger partial charge in [-0.1, -0.05) is 6.07 Å². The van der Waals surface area contributed by atoms with Gasteiger partial charge in [0.05, 0.1) is 23.4 Å². The van der Waals surface area contributed by atoms with Crippen LogP contribution in [0.5, 0.6) is 0 Å². The van der Waals surface area contributed by atoms with E-state index in [-0.39, 0.29) is 36.4 Å². The summed E-state index contributed by atoms with van der Waals surface area (Å²) >= 11 is 0. The summed E-state index contributed by atoms with van der Waals surface area (Å²) in [5.41, 5.74) is 2.39. The van der Waals surface area contributed by atoms with Crippen molar-refractivity contribution in [3.63, 3.8) is 0 Å². The van der Waals surface area contributed by atoms with Gasteiger partial charge in [-0.2, -0.15) is 0 Å². The van der Waals surface area contributed by atoms with Crippen LogP contribution >= 0.6 is 0 Å². The van der Waals surface area contributed by atoms with Crippen molar-refractivity contribution in [3.8, 4) is 0 Å². The summed E-state index contributed by atoms with van der Waals surface area (Å²) in [6.07, 6.45) is 1.48. The Kier molecular flexibility index (Phi) is 5.78.